The Hall–Kier alpha value is -1.74. The molecule has 0 bridgehead atoms. The zero-order valence-electron chi connectivity index (χ0n) is 12.2. The number of benzene rings is 1. The van der Waals surface area contributed by atoms with Crippen LogP contribution in [-0.4, -0.2) is 37.5 Å². The summed E-state index contributed by atoms with van der Waals surface area (Å²) >= 11 is 6.48. The first-order chi connectivity index (χ1) is 10.6. The third-order valence-corrected chi connectivity index (χ3v) is 4.41. The van der Waals surface area contributed by atoms with Gasteiger partial charge in [-0.1, -0.05) is 29.5 Å². The number of para-hydroxylation sites is 1. The molecule has 6 nitrogen and oxygen atoms in total. The van der Waals surface area contributed by atoms with Crippen LogP contribution in [0.5, 0.6) is 0 Å². The quantitative estimate of drug-likeness (QED) is 0.623. The van der Waals surface area contributed by atoms with E-state index in [-0.39, 0.29) is 12.5 Å². The molecule has 0 unspecified atom stereocenters. The zero-order chi connectivity index (χ0) is 16.1. The highest BCUT2D eigenvalue weighted by Crippen LogP contribution is 2.25. The van der Waals surface area contributed by atoms with Crippen LogP contribution in [0.4, 0.5) is 5.82 Å². The minimum absolute atomic E-state index is 0.223. The average Bonchev–Trinajstić information content (AvgIpc) is 2.84. The lowest BCUT2D eigenvalue weighted by Crippen LogP contribution is -2.34. The van der Waals surface area contributed by atoms with E-state index in [9.17, 15) is 4.79 Å². The number of carbonyl (C=O) groups is 1. The molecule has 3 N–H and O–H groups in total. The van der Waals surface area contributed by atoms with Crippen LogP contribution in [0.1, 0.15) is 9.67 Å². The Labute approximate surface area is 137 Å². The summed E-state index contributed by atoms with van der Waals surface area (Å²) in [5.74, 6) is 0.0208. The van der Waals surface area contributed by atoms with Gasteiger partial charge in [0.25, 0.3) is 5.91 Å². The number of anilines is 1. The molecule has 1 heterocycles. The number of nitrogens with one attached hydrogen (secondary N) is 1. The maximum absolute atomic E-state index is 12.2. The van der Waals surface area contributed by atoms with Gasteiger partial charge in [0.05, 0.1) is 6.54 Å². The van der Waals surface area contributed by atoms with Crippen LogP contribution >= 0.6 is 23.6 Å². The highest BCUT2D eigenvalue weighted by Gasteiger charge is 2.18. The number of ether oxygens (including phenoxy) is 2. The van der Waals surface area contributed by atoms with Gasteiger partial charge in [-0.3, -0.25) is 9.36 Å². The molecule has 0 fully saturated rings. The summed E-state index contributed by atoms with van der Waals surface area (Å²) in [6.07, 6.45) is -0.505. The maximum atomic E-state index is 12.2. The summed E-state index contributed by atoms with van der Waals surface area (Å²) in [5.41, 5.74) is 6.92. The standard InChI is InChI=1S/C14H17N3O3S2/c1-19-10(20-2)8-16-13(18)11-12(15)17(14(21)22-11)9-6-4-3-5-7-9/h3-7,10H,8,15H2,1-2H3,(H,16,18). The fourth-order valence-corrected chi connectivity index (χ4v) is 3.17. The van der Waals surface area contributed by atoms with Crippen molar-refractivity contribution in [3.05, 3.63) is 39.2 Å². The largest absolute Gasteiger partial charge is 0.383 e. The van der Waals surface area contributed by atoms with Crippen molar-refractivity contribution in [2.45, 2.75) is 6.29 Å². The second-order valence-corrected chi connectivity index (χ2v) is 6.01. The van der Waals surface area contributed by atoms with Gasteiger partial charge in [0.15, 0.2) is 10.2 Å². The van der Waals surface area contributed by atoms with Crippen molar-refractivity contribution in [1.82, 2.24) is 9.88 Å². The molecule has 0 spiro atoms. The number of nitrogens with zero attached hydrogens (tertiary/aromatic N) is 1. The van der Waals surface area contributed by atoms with E-state index >= 15 is 0 Å². The minimum Gasteiger partial charge on any atom is -0.383 e. The van der Waals surface area contributed by atoms with E-state index in [1.165, 1.54) is 25.6 Å². The van der Waals surface area contributed by atoms with E-state index in [0.717, 1.165) is 5.69 Å². The number of methoxy groups -OCH3 is 2. The van der Waals surface area contributed by atoms with Crippen LogP contribution in [0.15, 0.2) is 30.3 Å². The van der Waals surface area contributed by atoms with Crippen molar-refractivity contribution >= 4 is 35.3 Å². The normalized spacial score (nSPS) is 10.9. The molecule has 0 aliphatic rings. The lowest BCUT2D eigenvalue weighted by Gasteiger charge is -2.13. The number of amides is 1. The Bertz CT molecular complexity index is 693. The second kappa shape index (κ2) is 7.50. The number of aromatic nitrogens is 1. The monoisotopic (exact) mass is 339 g/mol. The van der Waals surface area contributed by atoms with E-state index in [0.29, 0.717) is 14.6 Å². The Kier molecular flexibility index (Phi) is 5.67. The number of hydrogen-bond donors (Lipinski definition) is 2. The van der Waals surface area contributed by atoms with E-state index in [1.807, 2.05) is 30.3 Å². The molecule has 0 radical (unpaired) electrons. The summed E-state index contributed by atoms with van der Waals surface area (Å²) in [5, 5.41) is 2.72. The Balaban J connectivity index is 2.23. The van der Waals surface area contributed by atoms with Crippen molar-refractivity contribution in [3.63, 3.8) is 0 Å². The predicted octanol–water partition coefficient (Wildman–Crippen LogP) is 2.20. The predicted molar refractivity (Wildman–Crippen MR) is 89.0 cm³/mol. The van der Waals surface area contributed by atoms with Crippen molar-refractivity contribution < 1.29 is 14.3 Å². The lowest BCUT2D eigenvalue weighted by molar-refractivity contribution is -0.0974. The van der Waals surface area contributed by atoms with Gasteiger partial charge in [-0.2, -0.15) is 0 Å². The molecule has 1 aromatic heterocycles. The summed E-state index contributed by atoms with van der Waals surface area (Å²) in [6, 6.07) is 9.43. The zero-order valence-corrected chi connectivity index (χ0v) is 13.9. The number of thiazole rings is 1. The first-order valence-corrected chi connectivity index (χ1v) is 7.71. The molecule has 2 aromatic rings. The molecule has 118 valence electrons. The number of hydrogen-bond acceptors (Lipinski definition) is 6. The topological polar surface area (TPSA) is 78.5 Å². The Morgan fingerprint density at radius 2 is 2.00 bits per heavy atom. The molecule has 22 heavy (non-hydrogen) atoms. The average molecular weight is 339 g/mol. The molecule has 1 aromatic carbocycles. The first kappa shape index (κ1) is 16.6. The van der Waals surface area contributed by atoms with Gasteiger partial charge in [-0.15, -0.1) is 0 Å². The van der Waals surface area contributed by atoms with Crippen molar-refractivity contribution in [1.29, 1.82) is 0 Å². The Morgan fingerprint density at radius 3 is 2.59 bits per heavy atom. The molecule has 0 saturated carbocycles. The molecule has 0 aliphatic carbocycles. The van der Waals surface area contributed by atoms with Gasteiger partial charge < -0.3 is 20.5 Å². The van der Waals surface area contributed by atoms with Crippen LogP contribution in [0, 0.1) is 3.95 Å². The molecule has 0 saturated heterocycles. The van der Waals surface area contributed by atoms with E-state index in [4.69, 9.17) is 27.4 Å². The van der Waals surface area contributed by atoms with Gasteiger partial charge >= 0.3 is 0 Å². The second-order valence-electron chi connectivity index (χ2n) is 4.36. The fraction of sp³-hybridized carbons (Fsp3) is 0.286. The van der Waals surface area contributed by atoms with Gasteiger partial charge in [0.1, 0.15) is 10.7 Å². The molecular formula is C14H17N3O3S2. The van der Waals surface area contributed by atoms with Gasteiger partial charge in [0.2, 0.25) is 0 Å². The minimum atomic E-state index is -0.505. The van der Waals surface area contributed by atoms with Gasteiger partial charge in [-0.05, 0) is 24.4 Å². The van der Waals surface area contributed by atoms with Crippen molar-refractivity contribution in [2.75, 3.05) is 26.5 Å². The molecule has 8 heteroatoms. The number of rotatable bonds is 6. The van der Waals surface area contributed by atoms with E-state index in [2.05, 4.69) is 5.32 Å². The molecule has 1 amide bonds. The smallest absolute Gasteiger partial charge is 0.265 e. The summed E-state index contributed by atoms with van der Waals surface area (Å²) in [7, 11) is 3.01. The van der Waals surface area contributed by atoms with E-state index < -0.39 is 6.29 Å². The SMILES string of the molecule is COC(CNC(=O)c1sc(=S)n(-c2ccccc2)c1N)OC. The van der Waals surface area contributed by atoms with Crippen LogP contribution in [0.25, 0.3) is 5.69 Å². The molecule has 0 atom stereocenters. The highest BCUT2D eigenvalue weighted by molar-refractivity contribution is 7.73. The molecule has 2 rings (SSSR count). The number of nitrogen functional groups attached to an aromatic ring is 1. The number of nitrogens with two attached hydrogens (primary N) is 1. The van der Waals surface area contributed by atoms with Crippen molar-refractivity contribution in [2.24, 2.45) is 0 Å². The van der Waals surface area contributed by atoms with Crippen LogP contribution in [-0.2, 0) is 9.47 Å². The third-order valence-electron chi connectivity index (χ3n) is 3.02. The third kappa shape index (κ3) is 3.53. The van der Waals surface area contributed by atoms with Crippen LogP contribution in [0.3, 0.4) is 0 Å². The Morgan fingerprint density at radius 1 is 1.36 bits per heavy atom. The fourth-order valence-electron chi connectivity index (χ4n) is 1.89. The molecule has 0 aliphatic heterocycles. The van der Waals surface area contributed by atoms with Gasteiger partial charge in [-0.25, -0.2) is 0 Å². The van der Waals surface area contributed by atoms with Crippen LogP contribution < -0.4 is 11.1 Å². The number of carbonyl (C=O) groups excluding carboxylic acids is 1. The van der Waals surface area contributed by atoms with E-state index in [1.54, 1.807) is 4.57 Å². The summed E-state index contributed by atoms with van der Waals surface area (Å²) in [6.45, 7) is 0.223. The first-order valence-electron chi connectivity index (χ1n) is 6.49. The lowest BCUT2D eigenvalue weighted by atomic mass is 10.3. The summed E-state index contributed by atoms with van der Waals surface area (Å²) < 4.78 is 12.2. The van der Waals surface area contributed by atoms with Crippen LogP contribution in [0.2, 0.25) is 0 Å². The maximum Gasteiger partial charge on any atom is 0.265 e. The summed E-state index contributed by atoms with van der Waals surface area (Å²) in [4.78, 5) is 12.6. The highest BCUT2D eigenvalue weighted by atomic mass is 32.1. The molecular weight excluding hydrogens is 322 g/mol. The van der Waals surface area contributed by atoms with Crippen molar-refractivity contribution in [3.8, 4) is 5.69 Å². The van der Waals surface area contributed by atoms with Gasteiger partial charge in [0, 0.05) is 19.9 Å².